The van der Waals surface area contributed by atoms with Crippen molar-refractivity contribution >= 4 is 11.8 Å². The monoisotopic (exact) mass is 387 g/mol. The van der Waals surface area contributed by atoms with Crippen LogP contribution in [0.25, 0.3) is 11.4 Å². The zero-order valence-electron chi connectivity index (χ0n) is 16.3. The Morgan fingerprint density at radius 2 is 1.71 bits per heavy atom. The lowest BCUT2D eigenvalue weighted by Crippen LogP contribution is -2.15. The highest BCUT2D eigenvalue weighted by Gasteiger charge is 2.23. The van der Waals surface area contributed by atoms with E-state index in [1.54, 1.807) is 11.8 Å². The summed E-state index contributed by atoms with van der Waals surface area (Å²) in [5.41, 5.74) is 3.46. The summed E-state index contributed by atoms with van der Waals surface area (Å²) in [5, 5.41) is 10.1. The maximum Gasteiger partial charge on any atom is 0.192 e. The highest BCUT2D eigenvalue weighted by atomic mass is 32.2. The number of rotatable bonds is 4. The van der Waals surface area contributed by atoms with Gasteiger partial charge in [-0.1, -0.05) is 90.9 Å². The fourth-order valence-corrected chi connectivity index (χ4v) is 4.45. The summed E-state index contributed by atoms with van der Waals surface area (Å²) in [5.74, 6) is 8.21. The molecule has 142 valence electrons. The van der Waals surface area contributed by atoms with Gasteiger partial charge in [0.2, 0.25) is 0 Å². The summed E-state index contributed by atoms with van der Waals surface area (Å²) in [7, 11) is 0. The molecule has 1 saturated carbocycles. The molecule has 0 bridgehead atoms. The van der Waals surface area contributed by atoms with Crippen molar-refractivity contribution in [3.8, 4) is 23.2 Å². The Bertz CT molecular complexity index is 959. The number of aryl methyl sites for hydroxylation is 1. The molecule has 0 amide bonds. The first kappa shape index (κ1) is 18.8. The van der Waals surface area contributed by atoms with Gasteiger partial charge in [0.1, 0.15) is 0 Å². The predicted molar refractivity (Wildman–Crippen MR) is 116 cm³/mol. The highest BCUT2D eigenvalue weighted by Crippen LogP contribution is 2.35. The van der Waals surface area contributed by atoms with E-state index < -0.39 is 0 Å². The topological polar surface area (TPSA) is 30.7 Å². The molecule has 0 radical (unpaired) electrons. The molecule has 0 aliphatic heterocycles. The summed E-state index contributed by atoms with van der Waals surface area (Å²) in [6.07, 6.45) is 6.33. The third-order valence-corrected chi connectivity index (χ3v) is 6.02. The summed E-state index contributed by atoms with van der Waals surface area (Å²) < 4.78 is 2.37. The van der Waals surface area contributed by atoms with Crippen LogP contribution in [0.1, 0.15) is 49.3 Å². The number of hydrogen-bond donors (Lipinski definition) is 0. The molecule has 0 unspecified atom stereocenters. The fourth-order valence-electron chi connectivity index (χ4n) is 3.70. The number of thioether (sulfide) groups is 1. The second-order valence-corrected chi connectivity index (χ2v) is 8.23. The quantitative estimate of drug-likeness (QED) is 0.412. The van der Waals surface area contributed by atoms with Gasteiger partial charge in [-0.3, -0.25) is 4.57 Å². The standard InChI is InChI=1S/C24H25N3S/c1-19-14-16-21(17-15-19)23-25-26-24(27(23)22-12-6-3-7-13-22)28-18-8-11-20-9-4-2-5-10-20/h2,4-5,9-10,14-17,22H,3,6-7,12-13,18H2,1H3. The van der Waals surface area contributed by atoms with Crippen molar-refractivity contribution in [2.24, 2.45) is 0 Å². The van der Waals surface area contributed by atoms with Gasteiger partial charge < -0.3 is 0 Å². The molecule has 4 rings (SSSR count). The second-order valence-electron chi connectivity index (χ2n) is 7.29. The summed E-state index contributed by atoms with van der Waals surface area (Å²) in [4.78, 5) is 0. The van der Waals surface area contributed by atoms with Crippen LogP contribution in [0.15, 0.2) is 59.8 Å². The van der Waals surface area contributed by atoms with Crippen LogP contribution in [0.3, 0.4) is 0 Å². The molecule has 0 atom stereocenters. The Hall–Kier alpha value is -2.51. The predicted octanol–water partition coefficient (Wildman–Crippen LogP) is 5.90. The van der Waals surface area contributed by atoms with Crippen molar-refractivity contribution in [2.45, 2.75) is 50.2 Å². The first-order chi connectivity index (χ1) is 13.8. The van der Waals surface area contributed by atoms with E-state index >= 15 is 0 Å². The van der Waals surface area contributed by atoms with E-state index in [4.69, 9.17) is 0 Å². The third-order valence-electron chi connectivity index (χ3n) is 5.19. The van der Waals surface area contributed by atoms with Crippen LogP contribution in [-0.4, -0.2) is 20.5 Å². The van der Waals surface area contributed by atoms with Crippen molar-refractivity contribution in [1.29, 1.82) is 0 Å². The smallest absolute Gasteiger partial charge is 0.192 e. The fraction of sp³-hybridized carbons (Fsp3) is 0.333. The molecule has 3 aromatic rings. The molecule has 28 heavy (non-hydrogen) atoms. The summed E-state index contributed by atoms with van der Waals surface area (Å²) >= 11 is 1.69. The first-order valence-corrected chi connectivity index (χ1v) is 11.0. The van der Waals surface area contributed by atoms with Crippen molar-refractivity contribution in [3.63, 3.8) is 0 Å². The van der Waals surface area contributed by atoms with E-state index in [-0.39, 0.29) is 0 Å². The SMILES string of the molecule is Cc1ccc(-c2nnc(SCC#Cc3ccccc3)n2C2CCCCC2)cc1. The molecule has 3 nitrogen and oxygen atoms in total. The molecule has 1 heterocycles. The molecule has 4 heteroatoms. The van der Waals surface area contributed by atoms with Crippen molar-refractivity contribution in [2.75, 3.05) is 5.75 Å². The van der Waals surface area contributed by atoms with Gasteiger partial charge in [0.15, 0.2) is 11.0 Å². The minimum atomic E-state index is 0.490. The Labute approximate surface area is 171 Å². The minimum Gasteiger partial charge on any atom is -0.299 e. The molecule has 0 N–H and O–H groups in total. The van der Waals surface area contributed by atoms with Crippen LogP contribution >= 0.6 is 11.8 Å². The number of nitrogens with zero attached hydrogens (tertiary/aromatic N) is 3. The third kappa shape index (κ3) is 4.48. The van der Waals surface area contributed by atoms with Crippen molar-refractivity contribution < 1.29 is 0 Å². The van der Waals surface area contributed by atoms with E-state index in [1.807, 2.05) is 30.3 Å². The van der Waals surface area contributed by atoms with Gasteiger partial charge in [-0.05, 0) is 31.9 Å². The minimum absolute atomic E-state index is 0.490. The van der Waals surface area contributed by atoms with Gasteiger partial charge in [-0.25, -0.2) is 0 Å². The lowest BCUT2D eigenvalue weighted by molar-refractivity contribution is 0.339. The largest absolute Gasteiger partial charge is 0.299 e. The number of hydrogen-bond acceptors (Lipinski definition) is 3. The molecule has 1 aromatic heterocycles. The van der Waals surface area contributed by atoms with Crippen LogP contribution in [0.5, 0.6) is 0 Å². The van der Waals surface area contributed by atoms with Crippen LogP contribution < -0.4 is 0 Å². The number of benzene rings is 2. The van der Waals surface area contributed by atoms with Gasteiger partial charge in [0, 0.05) is 17.2 Å². The molecule has 1 aliphatic carbocycles. The van der Waals surface area contributed by atoms with Gasteiger partial charge in [-0.15, -0.1) is 10.2 Å². The van der Waals surface area contributed by atoms with Gasteiger partial charge >= 0.3 is 0 Å². The van der Waals surface area contributed by atoms with E-state index in [0.29, 0.717) is 11.8 Å². The molecule has 2 aromatic carbocycles. The Kier molecular flexibility index (Phi) is 6.14. The van der Waals surface area contributed by atoms with Crippen molar-refractivity contribution in [3.05, 3.63) is 65.7 Å². The highest BCUT2D eigenvalue weighted by molar-refractivity contribution is 7.99. The van der Waals surface area contributed by atoms with Crippen LogP contribution in [-0.2, 0) is 0 Å². The maximum atomic E-state index is 4.57. The zero-order chi connectivity index (χ0) is 19.2. The van der Waals surface area contributed by atoms with E-state index in [1.165, 1.54) is 37.7 Å². The molecular formula is C24H25N3S. The van der Waals surface area contributed by atoms with Crippen LogP contribution in [0, 0.1) is 18.8 Å². The van der Waals surface area contributed by atoms with Crippen LogP contribution in [0.2, 0.25) is 0 Å². The average molecular weight is 388 g/mol. The van der Waals surface area contributed by atoms with Crippen LogP contribution in [0.4, 0.5) is 0 Å². The van der Waals surface area contributed by atoms with Gasteiger partial charge in [0.25, 0.3) is 0 Å². The average Bonchev–Trinajstić information content (AvgIpc) is 3.17. The molecule has 1 fully saturated rings. The Balaban J connectivity index is 1.58. The Morgan fingerprint density at radius 1 is 0.964 bits per heavy atom. The lowest BCUT2D eigenvalue weighted by Gasteiger charge is -2.25. The van der Waals surface area contributed by atoms with E-state index in [2.05, 4.69) is 57.8 Å². The first-order valence-electron chi connectivity index (χ1n) is 10.00. The summed E-state index contributed by atoms with van der Waals surface area (Å²) in [6.45, 7) is 2.11. The van der Waals surface area contributed by atoms with Gasteiger partial charge in [-0.2, -0.15) is 0 Å². The van der Waals surface area contributed by atoms with E-state index in [0.717, 1.165) is 22.1 Å². The molecule has 1 aliphatic rings. The van der Waals surface area contributed by atoms with Crippen molar-refractivity contribution in [1.82, 2.24) is 14.8 Å². The molecule has 0 saturated heterocycles. The molecule has 0 spiro atoms. The van der Waals surface area contributed by atoms with E-state index in [9.17, 15) is 0 Å². The molecular weight excluding hydrogens is 362 g/mol. The Morgan fingerprint density at radius 3 is 2.46 bits per heavy atom. The number of aromatic nitrogens is 3. The zero-order valence-corrected chi connectivity index (χ0v) is 17.1. The lowest BCUT2D eigenvalue weighted by atomic mass is 9.95. The normalized spacial score (nSPS) is 14.5. The van der Waals surface area contributed by atoms with Gasteiger partial charge in [0.05, 0.1) is 5.75 Å². The maximum absolute atomic E-state index is 4.57. The summed E-state index contributed by atoms with van der Waals surface area (Å²) in [6, 6.07) is 19.2. The second kappa shape index (κ2) is 9.12.